The fourth-order valence-electron chi connectivity index (χ4n) is 2.27. The van der Waals surface area contributed by atoms with Crippen LogP contribution in [0.2, 0.25) is 0 Å². The summed E-state index contributed by atoms with van der Waals surface area (Å²) in [7, 11) is 0. The normalized spacial score (nSPS) is 9.52. The van der Waals surface area contributed by atoms with E-state index in [4.69, 9.17) is 0 Å². The Morgan fingerprint density at radius 3 is 2.20 bits per heavy atom. The third-order valence-corrected chi connectivity index (χ3v) is 3.58. The van der Waals surface area contributed by atoms with Crippen molar-refractivity contribution in [2.45, 2.75) is 33.1 Å². The van der Waals surface area contributed by atoms with E-state index in [1.165, 1.54) is 12.8 Å². The van der Waals surface area contributed by atoms with Crippen LogP contribution in [0.4, 0.5) is 21.9 Å². The van der Waals surface area contributed by atoms with E-state index in [9.17, 15) is 4.79 Å². The first kappa shape index (κ1) is 20.3. The Bertz CT molecular complexity index is 638. The minimum Gasteiger partial charge on any atom is -0.383 e. The fraction of sp³-hybridized carbons (Fsp3) is 0.286. The molecule has 0 aliphatic carbocycles. The summed E-state index contributed by atoms with van der Waals surface area (Å²) in [6.45, 7) is 11.1. The van der Waals surface area contributed by atoms with Crippen molar-refractivity contribution in [3.63, 3.8) is 0 Å². The molecule has 0 aliphatic heterocycles. The smallest absolute Gasteiger partial charge is 0.323 e. The summed E-state index contributed by atoms with van der Waals surface area (Å²) >= 11 is 0. The van der Waals surface area contributed by atoms with Crippen molar-refractivity contribution >= 4 is 23.1 Å². The Kier molecular flexibility index (Phi) is 9.53. The van der Waals surface area contributed by atoms with Crippen LogP contribution < -0.4 is 16.0 Å². The minimum absolute atomic E-state index is 0.239. The number of rotatable bonds is 7. The van der Waals surface area contributed by atoms with Gasteiger partial charge in [-0.2, -0.15) is 0 Å². The maximum atomic E-state index is 12.1. The van der Waals surface area contributed by atoms with E-state index < -0.39 is 0 Å². The van der Waals surface area contributed by atoms with Crippen LogP contribution in [0.25, 0.3) is 0 Å². The summed E-state index contributed by atoms with van der Waals surface area (Å²) in [6.07, 6.45) is 3.53. The van der Waals surface area contributed by atoms with Gasteiger partial charge in [0.2, 0.25) is 0 Å². The summed E-state index contributed by atoms with van der Waals surface area (Å²) < 4.78 is 0. The number of hydrogen-bond acceptors (Lipinski definition) is 2. The molecule has 0 heterocycles. The van der Waals surface area contributed by atoms with Gasteiger partial charge in [0.1, 0.15) is 0 Å². The highest BCUT2D eigenvalue weighted by Gasteiger charge is 2.06. The average Bonchev–Trinajstić information content (AvgIpc) is 2.64. The van der Waals surface area contributed by atoms with Crippen LogP contribution in [0.15, 0.2) is 61.7 Å². The van der Waals surface area contributed by atoms with Gasteiger partial charge in [0.05, 0.1) is 11.4 Å². The number of aryl methyl sites for hydroxylation is 1. The number of para-hydroxylation sites is 2. The lowest BCUT2D eigenvalue weighted by Gasteiger charge is -2.13. The van der Waals surface area contributed by atoms with Crippen molar-refractivity contribution in [3.8, 4) is 0 Å². The van der Waals surface area contributed by atoms with Crippen molar-refractivity contribution in [1.82, 2.24) is 0 Å². The molecule has 25 heavy (non-hydrogen) atoms. The Balaban J connectivity index is 0.00000151. The Hall–Kier alpha value is -2.75. The third kappa shape index (κ3) is 7.57. The second kappa shape index (κ2) is 11.7. The molecule has 0 spiro atoms. The number of nitrogens with one attached hydrogen (secondary N) is 3. The van der Waals surface area contributed by atoms with Crippen LogP contribution in [0.3, 0.4) is 0 Å². The lowest BCUT2D eigenvalue weighted by Crippen LogP contribution is -2.20. The van der Waals surface area contributed by atoms with Crippen molar-refractivity contribution < 1.29 is 4.79 Å². The highest BCUT2D eigenvalue weighted by atomic mass is 16.2. The number of carbonyl (C=O) groups is 1. The summed E-state index contributed by atoms with van der Waals surface area (Å²) in [5.74, 6) is 0. The zero-order chi connectivity index (χ0) is 18.5. The molecule has 0 bridgehead atoms. The van der Waals surface area contributed by atoms with Gasteiger partial charge in [0.25, 0.3) is 0 Å². The van der Waals surface area contributed by atoms with Gasteiger partial charge in [-0.3, -0.25) is 0 Å². The van der Waals surface area contributed by atoms with Crippen LogP contribution in [0.1, 0.15) is 31.7 Å². The number of unbranched alkanes of at least 4 members (excludes halogenated alkanes) is 2. The number of amides is 2. The summed E-state index contributed by atoms with van der Waals surface area (Å²) in [5, 5.41) is 9.13. The lowest BCUT2D eigenvalue weighted by molar-refractivity contribution is 0.262. The Labute approximate surface area is 151 Å². The predicted molar refractivity (Wildman–Crippen MR) is 110 cm³/mol. The van der Waals surface area contributed by atoms with Gasteiger partial charge in [0.15, 0.2) is 0 Å². The zero-order valence-corrected chi connectivity index (χ0v) is 15.3. The van der Waals surface area contributed by atoms with E-state index in [1.807, 2.05) is 55.5 Å². The van der Waals surface area contributed by atoms with Crippen LogP contribution >= 0.6 is 0 Å². The van der Waals surface area contributed by atoms with Gasteiger partial charge in [-0.1, -0.05) is 49.6 Å². The molecule has 0 radical (unpaired) electrons. The number of hydrogen-bond donors (Lipinski definition) is 3. The standard InChI is InChI=1S/C19H25N3O.C2H4/c1-3-4-7-14-20-17-8-5-6-9-18(17)22-19(23)21-16-12-10-15(2)11-13-16;1-2/h5-6,8-13,20H,3-4,7,14H2,1-2H3,(H2,21,22,23);1-2H2. The molecule has 2 amide bonds. The molecule has 4 nitrogen and oxygen atoms in total. The molecular formula is C21H29N3O. The molecule has 0 aromatic heterocycles. The second-order valence-electron chi connectivity index (χ2n) is 5.62. The molecule has 0 atom stereocenters. The van der Waals surface area contributed by atoms with Crippen LogP contribution in [0.5, 0.6) is 0 Å². The molecule has 4 heteroatoms. The maximum Gasteiger partial charge on any atom is 0.323 e. The zero-order valence-electron chi connectivity index (χ0n) is 15.3. The summed E-state index contributed by atoms with van der Waals surface area (Å²) in [5.41, 5.74) is 3.68. The van der Waals surface area contributed by atoms with Gasteiger partial charge in [-0.15, -0.1) is 13.2 Å². The van der Waals surface area contributed by atoms with Gasteiger partial charge < -0.3 is 16.0 Å². The van der Waals surface area contributed by atoms with Crippen LogP contribution in [-0.2, 0) is 0 Å². The van der Waals surface area contributed by atoms with Crippen molar-refractivity contribution in [1.29, 1.82) is 0 Å². The SMILES string of the molecule is C=C.CCCCCNc1ccccc1NC(=O)Nc1ccc(C)cc1. The first-order valence-electron chi connectivity index (χ1n) is 8.66. The average molecular weight is 339 g/mol. The van der Waals surface area contributed by atoms with Crippen LogP contribution in [0, 0.1) is 6.92 Å². The number of anilines is 3. The van der Waals surface area contributed by atoms with Crippen molar-refractivity contribution in [2.75, 3.05) is 22.5 Å². The molecule has 2 rings (SSSR count). The minimum atomic E-state index is -0.239. The molecule has 0 saturated heterocycles. The molecule has 134 valence electrons. The molecular weight excluding hydrogens is 310 g/mol. The molecule has 2 aromatic carbocycles. The van der Waals surface area contributed by atoms with Crippen molar-refractivity contribution in [3.05, 3.63) is 67.3 Å². The van der Waals surface area contributed by atoms with Crippen molar-refractivity contribution in [2.24, 2.45) is 0 Å². The first-order valence-corrected chi connectivity index (χ1v) is 8.66. The van der Waals surface area contributed by atoms with E-state index in [0.717, 1.165) is 35.6 Å². The van der Waals surface area contributed by atoms with Gasteiger partial charge >= 0.3 is 6.03 Å². The van der Waals surface area contributed by atoms with E-state index in [1.54, 1.807) is 0 Å². The molecule has 2 aromatic rings. The van der Waals surface area contributed by atoms with E-state index in [-0.39, 0.29) is 6.03 Å². The monoisotopic (exact) mass is 339 g/mol. The van der Waals surface area contributed by atoms with Gasteiger partial charge in [0, 0.05) is 12.2 Å². The third-order valence-electron chi connectivity index (χ3n) is 3.58. The highest BCUT2D eigenvalue weighted by molar-refractivity contribution is 6.01. The highest BCUT2D eigenvalue weighted by Crippen LogP contribution is 2.21. The van der Waals surface area contributed by atoms with E-state index >= 15 is 0 Å². The quantitative estimate of drug-likeness (QED) is 0.425. The lowest BCUT2D eigenvalue weighted by atomic mass is 10.2. The Morgan fingerprint density at radius 1 is 0.920 bits per heavy atom. The summed E-state index contributed by atoms with van der Waals surface area (Å²) in [4.78, 5) is 12.1. The molecule has 0 aliphatic rings. The Morgan fingerprint density at radius 2 is 1.56 bits per heavy atom. The van der Waals surface area contributed by atoms with E-state index in [0.29, 0.717) is 0 Å². The fourth-order valence-corrected chi connectivity index (χ4v) is 2.27. The number of urea groups is 1. The first-order chi connectivity index (χ1) is 12.2. The number of carbonyl (C=O) groups excluding carboxylic acids is 1. The van der Waals surface area contributed by atoms with Gasteiger partial charge in [-0.05, 0) is 37.6 Å². The van der Waals surface area contributed by atoms with E-state index in [2.05, 4.69) is 36.0 Å². The topological polar surface area (TPSA) is 53.2 Å². The van der Waals surface area contributed by atoms with Crippen LogP contribution in [-0.4, -0.2) is 12.6 Å². The van der Waals surface area contributed by atoms with Gasteiger partial charge in [-0.25, -0.2) is 4.79 Å². The second-order valence-corrected chi connectivity index (χ2v) is 5.62. The number of benzene rings is 2. The predicted octanol–water partition coefficient (Wildman–Crippen LogP) is 6.04. The maximum absolute atomic E-state index is 12.1. The summed E-state index contributed by atoms with van der Waals surface area (Å²) in [6, 6.07) is 15.2. The molecule has 0 fully saturated rings. The largest absolute Gasteiger partial charge is 0.383 e. The molecule has 3 N–H and O–H groups in total. The molecule has 0 unspecified atom stereocenters. The molecule has 0 saturated carbocycles.